The van der Waals surface area contributed by atoms with Crippen LogP contribution in [0.2, 0.25) is 0 Å². The number of rotatable bonds is 4. The van der Waals surface area contributed by atoms with Gasteiger partial charge in [0.15, 0.2) is 0 Å². The quantitative estimate of drug-likeness (QED) is 0.736. The lowest BCUT2D eigenvalue weighted by atomic mass is 10.1. The zero-order valence-corrected chi connectivity index (χ0v) is 13.6. The lowest BCUT2D eigenvalue weighted by Crippen LogP contribution is -2.24. The van der Waals surface area contributed by atoms with E-state index in [1.807, 2.05) is 60.7 Å². The Hall–Kier alpha value is -2.60. The minimum absolute atomic E-state index is 0.206. The molecule has 2 aromatic carbocycles. The molecule has 5 nitrogen and oxygen atoms in total. The molecule has 0 saturated carbocycles. The Morgan fingerprint density at radius 3 is 1.96 bits per heavy atom. The van der Waals surface area contributed by atoms with Crippen molar-refractivity contribution in [3.8, 4) is 22.7 Å². The van der Waals surface area contributed by atoms with Gasteiger partial charge in [-0.05, 0) is 12.1 Å². The number of aromatic nitrogens is 1. The fourth-order valence-electron chi connectivity index (χ4n) is 2.16. The molecule has 1 heterocycles. The predicted molar refractivity (Wildman–Crippen MR) is 90.6 cm³/mol. The molecule has 0 atom stereocenters. The number of nitrogens with zero attached hydrogens (tertiary/aromatic N) is 2. The van der Waals surface area contributed by atoms with Crippen molar-refractivity contribution in [2.24, 2.45) is 0 Å². The average Bonchev–Trinajstić information content (AvgIpc) is 3.00. The summed E-state index contributed by atoms with van der Waals surface area (Å²) in [5, 5.41) is 0. The summed E-state index contributed by atoms with van der Waals surface area (Å²) < 4.78 is 30.7. The molecule has 118 valence electrons. The van der Waals surface area contributed by atoms with Gasteiger partial charge in [0.25, 0.3) is 0 Å². The Kier molecular flexibility index (Phi) is 3.92. The van der Waals surface area contributed by atoms with Gasteiger partial charge in [-0.25, -0.2) is 17.7 Å². The second kappa shape index (κ2) is 5.89. The van der Waals surface area contributed by atoms with Gasteiger partial charge in [-0.3, -0.25) is 0 Å². The molecule has 0 bridgehead atoms. The molecule has 0 spiro atoms. The Morgan fingerprint density at radius 2 is 1.43 bits per heavy atom. The van der Waals surface area contributed by atoms with Crippen molar-refractivity contribution in [3.63, 3.8) is 0 Å². The van der Waals surface area contributed by atoms with E-state index in [0.717, 1.165) is 21.7 Å². The highest BCUT2D eigenvalue weighted by Gasteiger charge is 2.24. The van der Waals surface area contributed by atoms with Crippen molar-refractivity contribution in [2.45, 2.75) is 0 Å². The van der Waals surface area contributed by atoms with Gasteiger partial charge < -0.3 is 4.42 Å². The van der Waals surface area contributed by atoms with Crippen LogP contribution in [0.4, 0.5) is 5.88 Å². The molecule has 23 heavy (non-hydrogen) atoms. The van der Waals surface area contributed by atoms with E-state index in [1.54, 1.807) is 0 Å². The number of hydrogen-bond acceptors (Lipinski definition) is 4. The predicted octanol–water partition coefficient (Wildman–Crippen LogP) is 3.40. The largest absolute Gasteiger partial charge is 0.419 e. The van der Waals surface area contributed by atoms with Crippen LogP contribution in [0.5, 0.6) is 0 Å². The maximum absolute atomic E-state index is 11.9. The molecule has 3 rings (SSSR count). The molecule has 0 saturated heterocycles. The van der Waals surface area contributed by atoms with Crippen molar-refractivity contribution in [2.75, 3.05) is 17.6 Å². The van der Waals surface area contributed by atoms with Crippen LogP contribution in [0.25, 0.3) is 22.7 Å². The lowest BCUT2D eigenvalue weighted by molar-refractivity contribution is 0.566. The third-order valence-electron chi connectivity index (χ3n) is 3.46. The maximum atomic E-state index is 11.9. The van der Waals surface area contributed by atoms with Gasteiger partial charge in [-0.1, -0.05) is 48.5 Å². The first-order valence-corrected chi connectivity index (χ1v) is 8.87. The SMILES string of the molecule is CN(c1oc(-c2ccccc2)nc1-c1ccccc1)S(C)(=O)=O. The van der Waals surface area contributed by atoms with E-state index in [1.165, 1.54) is 7.05 Å². The molecular formula is C17H16N2O3S. The minimum atomic E-state index is -3.46. The first-order valence-electron chi connectivity index (χ1n) is 7.02. The number of sulfonamides is 1. The highest BCUT2D eigenvalue weighted by molar-refractivity contribution is 7.92. The Bertz CT molecular complexity index is 904. The van der Waals surface area contributed by atoms with Crippen molar-refractivity contribution < 1.29 is 12.8 Å². The summed E-state index contributed by atoms with van der Waals surface area (Å²) in [6.07, 6.45) is 1.13. The molecule has 0 fully saturated rings. The van der Waals surface area contributed by atoms with Crippen molar-refractivity contribution in [1.82, 2.24) is 4.98 Å². The fourth-order valence-corrected chi connectivity index (χ4v) is 2.59. The third kappa shape index (κ3) is 3.12. The van der Waals surface area contributed by atoms with E-state index in [0.29, 0.717) is 11.6 Å². The van der Waals surface area contributed by atoms with E-state index in [2.05, 4.69) is 4.98 Å². The summed E-state index contributed by atoms with van der Waals surface area (Å²) in [7, 11) is -2.00. The zero-order valence-electron chi connectivity index (χ0n) is 12.8. The number of oxazole rings is 1. The van der Waals surface area contributed by atoms with Crippen molar-refractivity contribution in [1.29, 1.82) is 0 Å². The van der Waals surface area contributed by atoms with E-state index in [4.69, 9.17) is 4.42 Å². The van der Waals surface area contributed by atoms with Crippen LogP contribution in [0.15, 0.2) is 65.1 Å². The average molecular weight is 328 g/mol. The Balaban J connectivity index is 2.19. The second-order valence-electron chi connectivity index (χ2n) is 5.14. The monoisotopic (exact) mass is 328 g/mol. The number of benzene rings is 2. The van der Waals surface area contributed by atoms with Crippen LogP contribution in [0.1, 0.15) is 0 Å². The van der Waals surface area contributed by atoms with Gasteiger partial charge in [0.2, 0.25) is 21.8 Å². The lowest BCUT2D eigenvalue weighted by Gasteiger charge is -2.14. The van der Waals surface area contributed by atoms with E-state index < -0.39 is 10.0 Å². The zero-order chi connectivity index (χ0) is 16.4. The Morgan fingerprint density at radius 1 is 0.913 bits per heavy atom. The summed E-state index contributed by atoms with van der Waals surface area (Å²) >= 11 is 0. The highest BCUT2D eigenvalue weighted by Crippen LogP contribution is 2.35. The van der Waals surface area contributed by atoms with Crippen LogP contribution in [0.3, 0.4) is 0 Å². The van der Waals surface area contributed by atoms with E-state index >= 15 is 0 Å². The first kappa shape index (κ1) is 15.3. The molecule has 6 heteroatoms. The fraction of sp³-hybridized carbons (Fsp3) is 0.118. The standard InChI is InChI=1S/C17H16N2O3S/c1-19(23(2,20)21)17-15(13-9-5-3-6-10-13)18-16(22-17)14-11-7-4-8-12-14/h3-12H,1-2H3. The first-order chi connectivity index (χ1) is 11.0. The normalized spacial score (nSPS) is 11.4. The van der Waals surface area contributed by atoms with Crippen LogP contribution >= 0.6 is 0 Å². The number of anilines is 1. The van der Waals surface area contributed by atoms with Crippen LogP contribution in [-0.2, 0) is 10.0 Å². The minimum Gasteiger partial charge on any atom is -0.419 e. The molecular weight excluding hydrogens is 312 g/mol. The molecule has 3 aromatic rings. The molecule has 0 aliphatic heterocycles. The van der Waals surface area contributed by atoms with Crippen molar-refractivity contribution in [3.05, 3.63) is 60.7 Å². The maximum Gasteiger partial charge on any atom is 0.238 e. The molecule has 0 aliphatic carbocycles. The molecule has 0 radical (unpaired) electrons. The van der Waals surface area contributed by atoms with Crippen LogP contribution < -0.4 is 4.31 Å². The summed E-state index contributed by atoms with van der Waals surface area (Å²) in [6.45, 7) is 0. The van der Waals surface area contributed by atoms with Gasteiger partial charge in [-0.2, -0.15) is 0 Å². The van der Waals surface area contributed by atoms with E-state index in [9.17, 15) is 8.42 Å². The molecule has 0 amide bonds. The molecule has 1 aromatic heterocycles. The van der Waals surface area contributed by atoms with Gasteiger partial charge in [0.05, 0.1) is 6.26 Å². The van der Waals surface area contributed by atoms with Gasteiger partial charge in [-0.15, -0.1) is 0 Å². The topological polar surface area (TPSA) is 63.4 Å². The molecule has 0 unspecified atom stereocenters. The van der Waals surface area contributed by atoms with Crippen LogP contribution in [0, 0.1) is 0 Å². The smallest absolute Gasteiger partial charge is 0.238 e. The van der Waals surface area contributed by atoms with Gasteiger partial charge in [0.1, 0.15) is 5.69 Å². The molecule has 0 aliphatic rings. The summed E-state index contributed by atoms with van der Waals surface area (Å²) in [6, 6.07) is 18.8. The second-order valence-corrected chi connectivity index (χ2v) is 7.15. The van der Waals surface area contributed by atoms with E-state index in [-0.39, 0.29) is 5.88 Å². The molecule has 0 N–H and O–H groups in total. The third-order valence-corrected chi connectivity index (χ3v) is 4.62. The van der Waals surface area contributed by atoms with Gasteiger partial charge in [0, 0.05) is 18.2 Å². The summed E-state index contributed by atoms with van der Waals surface area (Å²) in [4.78, 5) is 4.51. The summed E-state index contributed by atoms with van der Waals surface area (Å²) in [5.74, 6) is 0.590. The number of hydrogen-bond donors (Lipinski definition) is 0. The van der Waals surface area contributed by atoms with Crippen molar-refractivity contribution >= 4 is 15.9 Å². The summed E-state index contributed by atoms with van der Waals surface area (Å²) in [5.41, 5.74) is 2.08. The van der Waals surface area contributed by atoms with Gasteiger partial charge >= 0.3 is 0 Å². The van der Waals surface area contributed by atoms with Crippen LogP contribution in [-0.4, -0.2) is 26.7 Å². The Labute approximate surface area is 135 Å². The highest BCUT2D eigenvalue weighted by atomic mass is 32.2.